The van der Waals surface area contributed by atoms with Crippen molar-refractivity contribution in [3.63, 3.8) is 0 Å². The molecular weight excluding hydrogens is 1110 g/mol. The van der Waals surface area contributed by atoms with E-state index < -0.39 is 62.7 Å². The maximum Gasteiger partial charge on any atom is 0.303 e. The lowest BCUT2D eigenvalue weighted by atomic mass is 9.76. The van der Waals surface area contributed by atoms with Gasteiger partial charge in [0.25, 0.3) is 10.1 Å². The first-order chi connectivity index (χ1) is 38.2. The monoisotopic (exact) mass is 1190 g/mol. The van der Waals surface area contributed by atoms with Crippen molar-refractivity contribution < 1.29 is 101 Å². The predicted octanol–water partition coefficient (Wildman–Crippen LogP) is 4.75. The zero-order valence-corrected chi connectivity index (χ0v) is 48.9. The second kappa shape index (κ2) is 35.2. The Balaban J connectivity index is 1.62. The highest BCUT2D eigenvalue weighted by molar-refractivity contribution is 7.86. The Labute approximate surface area is 472 Å². The summed E-state index contributed by atoms with van der Waals surface area (Å²) < 4.78 is 165. The van der Waals surface area contributed by atoms with Gasteiger partial charge in [0.1, 0.15) is 26.8 Å². The number of unbranched alkanes of at least 4 members (excludes halogenated alkanes) is 2. The van der Waals surface area contributed by atoms with Gasteiger partial charge in [-0.3, -0.25) is 9.35 Å². The SMILES string of the molecule is COCCOCCOCCOCCOCCC1(C)C(=CC=CC=CC2=[N+](CCCS(=O)(=O)O)c3ccc(S(=O)(=O)[O-])cc3C2(C)CCOCCOCCOCCOCCOC)N(CCCCCC(=O)O)c2ccc(S(=O)(=O)[O-])cc21. The molecule has 2 aromatic carbocycles. The van der Waals surface area contributed by atoms with Crippen molar-refractivity contribution in [2.24, 2.45) is 0 Å². The molecule has 0 bridgehead atoms. The van der Waals surface area contributed by atoms with Gasteiger partial charge in [-0.2, -0.15) is 13.0 Å². The number of ether oxygens (including phenoxy) is 10. The van der Waals surface area contributed by atoms with Gasteiger partial charge in [0.15, 0.2) is 5.71 Å². The molecule has 0 fully saturated rings. The van der Waals surface area contributed by atoms with Crippen molar-refractivity contribution in [3.8, 4) is 0 Å². The molecule has 0 saturated carbocycles. The Kier molecular flexibility index (Phi) is 30.1. The van der Waals surface area contributed by atoms with Gasteiger partial charge in [-0.25, -0.2) is 16.8 Å². The summed E-state index contributed by atoms with van der Waals surface area (Å²) >= 11 is 0. The van der Waals surface area contributed by atoms with E-state index >= 15 is 0 Å². The Hall–Kier alpha value is -4.07. The van der Waals surface area contributed by atoms with E-state index in [-0.39, 0.29) is 65.4 Å². The number of methoxy groups -OCH3 is 2. The first-order valence-electron chi connectivity index (χ1n) is 26.6. The number of anilines is 1. The van der Waals surface area contributed by atoms with Crippen LogP contribution in [-0.2, 0) is 93.3 Å². The minimum absolute atomic E-state index is 0.00137. The zero-order chi connectivity index (χ0) is 58.5. The maximum absolute atomic E-state index is 12.4. The molecule has 2 aliphatic heterocycles. The number of nitrogens with zero attached hydrogens (tertiary/aromatic N) is 2. The smallest absolute Gasteiger partial charge is 0.303 e. The molecule has 0 aliphatic carbocycles. The fourth-order valence-electron chi connectivity index (χ4n) is 9.23. The molecule has 452 valence electrons. The van der Waals surface area contributed by atoms with E-state index in [0.717, 1.165) is 5.70 Å². The van der Waals surface area contributed by atoms with E-state index in [2.05, 4.69) is 0 Å². The number of benzene rings is 2. The van der Waals surface area contributed by atoms with Crippen LogP contribution in [0.1, 0.15) is 69.9 Å². The first kappa shape index (κ1) is 68.4. The van der Waals surface area contributed by atoms with Crippen LogP contribution >= 0.6 is 0 Å². The second-order valence-electron chi connectivity index (χ2n) is 19.1. The summed E-state index contributed by atoms with van der Waals surface area (Å²) in [6.45, 7) is 10.7. The highest BCUT2D eigenvalue weighted by Crippen LogP contribution is 2.51. The third-order valence-corrected chi connectivity index (χ3v) is 15.8. The van der Waals surface area contributed by atoms with Gasteiger partial charge in [-0.15, -0.1) is 0 Å². The summed E-state index contributed by atoms with van der Waals surface area (Å²) in [6.07, 6.45) is 11.2. The molecule has 2 N–H and O–H groups in total. The fourth-order valence-corrected chi connectivity index (χ4v) is 10.7. The Bertz CT molecular complexity index is 2700. The summed E-state index contributed by atoms with van der Waals surface area (Å²) in [5.41, 5.74) is 1.75. The lowest BCUT2D eigenvalue weighted by Gasteiger charge is -2.30. The van der Waals surface area contributed by atoms with Gasteiger partial charge in [-0.1, -0.05) is 24.6 Å². The number of hydrogen-bond acceptors (Lipinski definition) is 20. The van der Waals surface area contributed by atoms with Crippen molar-refractivity contribution in [1.82, 2.24) is 0 Å². The number of allylic oxidation sites excluding steroid dienone is 6. The fraction of sp³-hybridized carbons (Fsp3) is 0.630. The average molecular weight is 1190 g/mol. The largest absolute Gasteiger partial charge is 0.744 e. The van der Waals surface area contributed by atoms with Crippen LogP contribution in [0.15, 0.2) is 82.3 Å². The molecule has 26 heteroatoms. The van der Waals surface area contributed by atoms with Crippen LogP contribution in [-0.4, -0.2) is 212 Å². The molecule has 2 unspecified atom stereocenters. The van der Waals surface area contributed by atoms with E-state index in [9.17, 15) is 48.8 Å². The Morgan fingerprint density at radius 3 is 1.52 bits per heavy atom. The summed E-state index contributed by atoms with van der Waals surface area (Å²) in [7, 11) is -10.9. The minimum atomic E-state index is -4.89. The molecular formula is C54H81N2O21S3-. The topological polar surface area (TPSA) is 305 Å². The van der Waals surface area contributed by atoms with Gasteiger partial charge in [0, 0.05) is 81.3 Å². The standard InChI is InChI=1S/C54H82N2O21S3/c1-53(19-23-70-29-31-74-37-39-76-35-33-72-27-25-68-3)46-42-44(79(62,63)64)15-17-48(46)55(21-10-6-9-14-52(57)58)50(53)12-7-5-8-13-51-54(2,20-24-71-30-32-75-38-40-77-36-34-73-28-26-69-4)47-43-45(80(65,66)67)16-18-49(47)56(51)22-11-41-78(59,60)61/h5,7-8,12-13,15-18,42-43H,6,9-11,14,19-41H2,1-4H3,(H3-,57,58,59,60,61,62,63,64,65,66,67)/p-1. The van der Waals surface area contributed by atoms with Crippen molar-refractivity contribution >= 4 is 53.4 Å². The number of carboxylic acids is 1. The quantitative estimate of drug-likeness (QED) is 0.0391. The van der Waals surface area contributed by atoms with Crippen LogP contribution in [0.2, 0.25) is 0 Å². The van der Waals surface area contributed by atoms with Gasteiger partial charge >= 0.3 is 5.97 Å². The minimum Gasteiger partial charge on any atom is -0.744 e. The first-order valence-corrected chi connectivity index (χ1v) is 31.1. The van der Waals surface area contributed by atoms with E-state index in [1.807, 2.05) is 29.4 Å². The summed E-state index contributed by atoms with van der Waals surface area (Å²) in [5.74, 6) is -1.46. The predicted molar refractivity (Wildman–Crippen MR) is 294 cm³/mol. The number of carboxylic acid groups (broad SMARTS) is 1. The third-order valence-electron chi connectivity index (χ3n) is 13.4. The molecule has 0 aromatic heterocycles. The molecule has 0 saturated heterocycles. The summed E-state index contributed by atoms with van der Waals surface area (Å²) in [5, 5.41) is 9.28. The molecule has 2 atom stereocenters. The van der Waals surface area contributed by atoms with E-state index in [1.54, 1.807) is 44.6 Å². The van der Waals surface area contributed by atoms with E-state index in [1.165, 1.54) is 30.3 Å². The van der Waals surface area contributed by atoms with Crippen LogP contribution in [0.3, 0.4) is 0 Å². The zero-order valence-electron chi connectivity index (χ0n) is 46.4. The van der Waals surface area contributed by atoms with Crippen LogP contribution in [0.5, 0.6) is 0 Å². The second-order valence-corrected chi connectivity index (χ2v) is 23.5. The van der Waals surface area contributed by atoms with E-state index in [4.69, 9.17) is 47.4 Å². The van der Waals surface area contributed by atoms with Gasteiger partial charge in [0.05, 0.1) is 127 Å². The highest BCUT2D eigenvalue weighted by Gasteiger charge is 2.48. The van der Waals surface area contributed by atoms with E-state index in [0.29, 0.717) is 140 Å². The lowest BCUT2D eigenvalue weighted by molar-refractivity contribution is -0.437. The lowest BCUT2D eigenvalue weighted by Crippen LogP contribution is -2.33. The molecule has 0 radical (unpaired) electrons. The number of carbonyl (C=O) groups is 1. The maximum atomic E-state index is 12.4. The normalized spacial score (nSPS) is 18.2. The molecule has 0 amide bonds. The average Bonchev–Trinajstić information content (AvgIpc) is 3.77. The molecule has 4 rings (SSSR count). The van der Waals surface area contributed by atoms with Crippen molar-refractivity contribution in [2.45, 2.75) is 79.4 Å². The van der Waals surface area contributed by atoms with Gasteiger partial charge < -0.3 is 66.5 Å². The van der Waals surface area contributed by atoms with Crippen molar-refractivity contribution in [2.75, 3.05) is 157 Å². The summed E-state index contributed by atoms with van der Waals surface area (Å²) in [4.78, 5) is 12.5. The van der Waals surface area contributed by atoms with Crippen molar-refractivity contribution in [1.29, 1.82) is 0 Å². The van der Waals surface area contributed by atoms with Gasteiger partial charge in [0.2, 0.25) is 5.69 Å². The third kappa shape index (κ3) is 22.9. The summed E-state index contributed by atoms with van der Waals surface area (Å²) in [6, 6.07) is 8.32. The molecule has 80 heavy (non-hydrogen) atoms. The number of rotatable bonds is 45. The molecule has 23 nitrogen and oxygen atoms in total. The molecule has 0 spiro atoms. The highest BCUT2D eigenvalue weighted by atomic mass is 32.2. The van der Waals surface area contributed by atoms with Crippen LogP contribution in [0.4, 0.5) is 11.4 Å². The number of fused-ring (bicyclic) bond motifs is 2. The number of aliphatic carboxylic acids is 1. The van der Waals surface area contributed by atoms with Crippen LogP contribution in [0, 0.1) is 0 Å². The van der Waals surface area contributed by atoms with Gasteiger partial charge in [-0.05, 0) is 81.5 Å². The Morgan fingerprint density at radius 2 is 1.05 bits per heavy atom. The van der Waals surface area contributed by atoms with Crippen LogP contribution < -0.4 is 4.90 Å². The molecule has 2 aromatic rings. The van der Waals surface area contributed by atoms with Crippen LogP contribution in [0.25, 0.3) is 0 Å². The number of hydrogen-bond donors (Lipinski definition) is 2. The Morgan fingerprint density at radius 1 is 0.588 bits per heavy atom. The van der Waals surface area contributed by atoms with Crippen molar-refractivity contribution in [3.05, 3.63) is 83.6 Å². The molecule has 2 heterocycles. The molecule has 2 aliphatic rings.